The maximum Gasteiger partial charge on any atom is 0.306 e. The van der Waals surface area contributed by atoms with Crippen LogP contribution in [-0.2, 0) is 33.3 Å². The first kappa shape index (κ1) is 95.5. The Morgan fingerprint density at radius 2 is 0.576 bits per heavy atom. The van der Waals surface area contributed by atoms with Crippen molar-refractivity contribution >= 4 is 17.9 Å². The number of nitrogens with zero attached hydrogens (tertiary/aromatic N) is 1. The summed E-state index contributed by atoms with van der Waals surface area (Å²) in [6.45, 7) is 4.69. The van der Waals surface area contributed by atoms with E-state index in [1.165, 1.54) is 302 Å². The number of aliphatic carboxylic acids is 1. The minimum atomic E-state index is -1.62. The molecule has 0 fully saturated rings. The number of likely N-dealkylation sites (N-methyl/N-ethyl adjacent to an activating group) is 1. The molecule has 2 unspecified atom stereocenters. The summed E-state index contributed by atoms with van der Waals surface area (Å²) in [7, 11) is 5.95. The highest BCUT2D eigenvalue weighted by Crippen LogP contribution is 2.20. The molecule has 0 aromatic carbocycles. The van der Waals surface area contributed by atoms with E-state index in [1.807, 2.05) is 21.1 Å². The van der Waals surface area contributed by atoms with E-state index in [1.54, 1.807) is 0 Å². The fourth-order valence-electron chi connectivity index (χ4n) is 12.7. The monoisotopic (exact) mass is 1390 g/mol. The van der Waals surface area contributed by atoms with Gasteiger partial charge in [-0.3, -0.25) is 9.59 Å². The fourth-order valence-corrected chi connectivity index (χ4v) is 12.7. The molecule has 0 bridgehead atoms. The first-order chi connectivity index (χ1) is 48.6. The van der Waals surface area contributed by atoms with Gasteiger partial charge in [0.25, 0.3) is 0 Å². The molecule has 0 aliphatic heterocycles. The molecule has 0 heterocycles. The molecule has 2 atom stereocenters. The highest BCUT2D eigenvalue weighted by molar-refractivity contribution is 5.70. The Hall–Kier alpha value is -3.53. The summed E-state index contributed by atoms with van der Waals surface area (Å²) in [5, 5.41) is 11.9. The van der Waals surface area contributed by atoms with E-state index in [0.29, 0.717) is 23.9 Å². The molecule has 99 heavy (non-hydrogen) atoms. The van der Waals surface area contributed by atoms with Crippen molar-refractivity contribution in [1.29, 1.82) is 0 Å². The van der Waals surface area contributed by atoms with E-state index in [2.05, 4.69) is 98.9 Å². The first-order valence-corrected chi connectivity index (χ1v) is 42.7. The normalized spacial score (nSPS) is 13.0. The standard InChI is InChI=1S/C90H163NO8/c1-6-8-10-12-14-16-18-20-22-24-26-28-30-32-34-36-38-40-41-42-43-44-45-46-47-49-50-52-54-56-58-60-62-64-66-68-70-72-74-76-78-80-87(92)97-84-86(85-98-90(89(94)95)96-83-82-91(3,4)5)99-88(93)81-79-77-75-73-71-69-67-65-63-61-59-57-55-53-51-48-39-37-35-33-31-29-27-25-23-21-19-17-15-13-11-9-7-2/h9,11,15,17,21,23-24,26-27,29,33,35,39,48,86,90H,6-8,10,12-14,16,18-20,22,25,28,30-32,34,36-38,40-47,49-85H2,1-5H3/b11-9-,17-15-,23-21-,26-24-,29-27-,35-33-,48-39-. The van der Waals surface area contributed by atoms with Crippen LogP contribution in [0.5, 0.6) is 0 Å². The summed E-state index contributed by atoms with van der Waals surface area (Å²) in [6, 6.07) is 0. The molecule has 0 saturated heterocycles. The third-order valence-electron chi connectivity index (χ3n) is 19.1. The van der Waals surface area contributed by atoms with Crippen molar-refractivity contribution in [3.8, 4) is 0 Å². The van der Waals surface area contributed by atoms with E-state index in [9.17, 15) is 19.5 Å². The molecule has 9 nitrogen and oxygen atoms in total. The van der Waals surface area contributed by atoms with Crippen molar-refractivity contribution in [1.82, 2.24) is 0 Å². The van der Waals surface area contributed by atoms with Gasteiger partial charge in [0.2, 0.25) is 0 Å². The van der Waals surface area contributed by atoms with E-state index in [0.717, 1.165) is 77.0 Å². The lowest BCUT2D eigenvalue weighted by molar-refractivity contribution is -0.870. The number of allylic oxidation sites excluding steroid dienone is 14. The molecular formula is C90H163NO8. The zero-order valence-electron chi connectivity index (χ0n) is 66.1. The average Bonchev–Trinajstić information content (AvgIpc) is 1.57. The van der Waals surface area contributed by atoms with E-state index < -0.39 is 24.3 Å². The van der Waals surface area contributed by atoms with Gasteiger partial charge >= 0.3 is 11.9 Å². The Labute approximate surface area is 614 Å². The fraction of sp³-hybridized carbons (Fsp3) is 0.811. The number of hydrogen-bond donors (Lipinski definition) is 0. The average molecular weight is 1390 g/mol. The van der Waals surface area contributed by atoms with Crippen molar-refractivity contribution in [3.63, 3.8) is 0 Å². The van der Waals surface area contributed by atoms with Crippen LogP contribution in [0.25, 0.3) is 0 Å². The van der Waals surface area contributed by atoms with Crippen LogP contribution < -0.4 is 5.11 Å². The Morgan fingerprint density at radius 1 is 0.313 bits per heavy atom. The second-order valence-electron chi connectivity index (χ2n) is 30.1. The molecular weight excluding hydrogens is 1220 g/mol. The Kier molecular flexibility index (Phi) is 77.3. The molecule has 0 aromatic rings. The second kappa shape index (κ2) is 80.2. The zero-order chi connectivity index (χ0) is 71.8. The molecule has 0 aliphatic rings. The number of ether oxygens (including phenoxy) is 4. The molecule has 9 heteroatoms. The largest absolute Gasteiger partial charge is 0.545 e. The van der Waals surface area contributed by atoms with Crippen molar-refractivity contribution in [2.75, 3.05) is 47.5 Å². The van der Waals surface area contributed by atoms with Crippen LogP contribution in [0.2, 0.25) is 0 Å². The number of esters is 2. The smallest absolute Gasteiger partial charge is 0.306 e. The summed E-state index contributed by atoms with van der Waals surface area (Å²) in [6.07, 6.45) is 107. The molecule has 0 rings (SSSR count). The number of carboxylic acid groups (broad SMARTS) is 1. The van der Waals surface area contributed by atoms with Crippen LogP contribution >= 0.6 is 0 Å². The van der Waals surface area contributed by atoms with Gasteiger partial charge in [0.1, 0.15) is 13.2 Å². The lowest BCUT2D eigenvalue weighted by Gasteiger charge is -2.26. The Morgan fingerprint density at radius 3 is 0.869 bits per heavy atom. The SMILES string of the molecule is CC/C=C\C/C=C\C/C=C\C/C=C\C/C=C\C/C=C\CCCCCCCCCCCCCCCCC(=O)OC(COC(=O)CCCCCCCCCCCCCCCCCCCCCCCCCCCCCCC/C=C\CCCCCCCCCC)COC(OCC[N+](C)(C)C)C(=O)[O-]. The van der Waals surface area contributed by atoms with Gasteiger partial charge in [-0.25, -0.2) is 0 Å². The van der Waals surface area contributed by atoms with Crippen molar-refractivity contribution < 1.29 is 42.9 Å². The number of hydrogen-bond acceptors (Lipinski definition) is 8. The molecule has 0 spiro atoms. The number of rotatable bonds is 80. The van der Waals surface area contributed by atoms with Crippen molar-refractivity contribution in [3.05, 3.63) is 85.1 Å². The maximum atomic E-state index is 13.0. The van der Waals surface area contributed by atoms with Gasteiger partial charge in [-0.05, 0) is 89.9 Å². The van der Waals surface area contributed by atoms with Gasteiger partial charge in [-0.15, -0.1) is 0 Å². The van der Waals surface area contributed by atoms with Crippen LogP contribution in [0.1, 0.15) is 412 Å². The van der Waals surface area contributed by atoms with E-state index in [-0.39, 0.29) is 32.2 Å². The van der Waals surface area contributed by atoms with Gasteiger partial charge in [-0.1, -0.05) is 394 Å². The van der Waals surface area contributed by atoms with Crippen LogP contribution in [0.15, 0.2) is 85.1 Å². The number of carbonyl (C=O) groups excluding carboxylic acids is 3. The van der Waals surface area contributed by atoms with Gasteiger partial charge in [0, 0.05) is 12.8 Å². The molecule has 0 aliphatic carbocycles. The number of quaternary nitrogens is 1. The summed E-state index contributed by atoms with van der Waals surface area (Å²) in [4.78, 5) is 37.6. The molecule has 0 aromatic heterocycles. The highest BCUT2D eigenvalue weighted by Gasteiger charge is 2.22. The molecule has 0 radical (unpaired) electrons. The second-order valence-corrected chi connectivity index (χ2v) is 30.1. The van der Waals surface area contributed by atoms with Gasteiger partial charge in [0.05, 0.1) is 40.3 Å². The van der Waals surface area contributed by atoms with Crippen molar-refractivity contribution in [2.24, 2.45) is 0 Å². The van der Waals surface area contributed by atoms with Gasteiger partial charge in [-0.2, -0.15) is 0 Å². The number of carbonyl (C=O) groups is 3. The molecule has 0 N–H and O–H groups in total. The minimum Gasteiger partial charge on any atom is -0.545 e. The summed E-state index contributed by atoms with van der Waals surface area (Å²) in [5.74, 6) is -2.26. The molecule has 0 saturated carbocycles. The zero-order valence-corrected chi connectivity index (χ0v) is 66.1. The minimum absolute atomic E-state index is 0.147. The predicted molar refractivity (Wildman–Crippen MR) is 426 cm³/mol. The lowest BCUT2D eigenvalue weighted by atomic mass is 10.0. The summed E-state index contributed by atoms with van der Waals surface area (Å²) >= 11 is 0. The maximum absolute atomic E-state index is 13.0. The third-order valence-corrected chi connectivity index (χ3v) is 19.1. The van der Waals surface area contributed by atoms with E-state index in [4.69, 9.17) is 18.9 Å². The predicted octanol–water partition coefficient (Wildman–Crippen LogP) is 26.4. The summed E-state index contributed by atoms with van der Waals surface area (Å²) < 4.78 is 22.9. The van der Waals surface area contributed by atoms with Gasteiger partial charge < -0.3 is 33.3 Å². The van der Waals surface area contributed by atoms with Crippen LogP contribution in [-0.4, -0.2) is 82.3 Å². The van der Waals surface area contributed by atoms with E-state index >= 15 is 0 Å². The first-order valence-electron chi connectivity index (χ1n) is 42.7. The number of unbranched alkanes of at least 4 members (excludes halogenated alkanes) is 51. The molecule has 0 amide bonds. The topological polar surface area (TPSA) is 111 Å². The quantitative estimate of drug-likeness (QED) is 0.0195. The molecule has 576 valence electrons. The Balaban J connectivity index is 3.94. The summed E-state index contributed by atoms with van der Waals surface area (Å²) in [5.41, 5.74) is 0. The Bertz CT molecular complexity index is 1910. The third kappa shape index (κ3) is 81.6. The van der Waals surface area contributed by atoms with Crippen LogP contribution in [0.4, 0.5) is 0 Å². The number of carboxylic acids is 1. The van der Waals surface area contributed by atoms with Crippen molar-refractivity contribution in [2.45, 2.75) is 424 Å². The highest BCUT2D eigenvalue weighted by atomic mass is 16.7. The van der Waals surface area contributed by atoms with Gasteiger partial charge in [0.15, 0.2) is 12.4 Å². The van der Waals surface area contributed by atoms with Crippen LogP contribution in [0, 0.1) is 0 Å². The lowest BCUT2D eigenvalue weighted by Crippen LogP contribution is -2.44. The van der Waals surface area contributed by atoms with Crippen LogP contribution in [0.3, 0.4) is 0 Å².